The van der Waals surface area contributed by atoms with Gasteiger partial charge in [0, 0.05) is 10.5 Å². The maximum atomic E-state index is 13.0. The summed E-state index contributed by atoms with van der Waals surface area (Å²) in [7, 11) is -0.439. The molecule has 1 aliphatic rings. The van der Waals surface area contributed by atoms with Crippen LogP contribution in [0.4, 0.5) is 5.82 Å². The van der Waals surface area contributed by atoms with Crippen LogP contribution in [0.1, 0.15) is 33.3 Å². The number of imidazole rings is 1. The lowest BCUT2D eigenvalue weighted by Crippen LogP contribution is -2.39. The number of benzene rings is 4. The molecule has 16 nitrogen and oxygen atoms in total. The second-order valence-corrected chi connectivity index (χ2v) is 13.1. The number of fused-ring (bicyclic) bond motifs is 1. The van der Waals surface area contributed by atoms with Gasteiger partial charge in [-0.15, -0.1) is 0 Å². The van der Waals surface area contributed by atoms with E-state index in [1.807, 2.05) is 78.9 Å². The number of carbonyl (C=O) groups is 1. The lowest BCUT2D eigenvalue weighted by atomic mass is 9.80. The number of nitrogens with zero attached hydrogens (tertiary/aromatic N) is 7. The molecule has 1 fully saturated rings. The monoisotopic (exact) mass is 762 g/mol. The Kier molecular flexibility index (Phi) is 11.2. The lowest BCUT2D eigenvalue weighted by molar-refractivity contribution is -0.0844. The van der Waals surface area contributed by atoms with E-state index in [-0.39, 0.29) is 23.6 Å². The molecule has 0 spiro atoms. The normalized spacial score (nSPS) is 18.7. The van der Waals surface area contributed by atoms with Crippen LogP contribution in [0.25, 0.3) is 21.6 Å². The molecule has 6 aromatic rings. The zero-order valence-electron chi connectivity index (χ0n) is 29.5. The first-order chi connectivity index (χ1) is 26.9. The summed E-state index contributed by atoms with van der Waals surface area (Å²) in [4.78, 5) is 39.1. The second-order valence-electron chi connectivity index (χ2n) is 12.3. The van der Waals surface area contributed by atoms with E-state index in [4.69, 9.17) is 23.5 Å². The number of nitrogens with one attached hydrogen (secondary N) is 1. The van der Waals surface area contributed by atoms with Gasteiger partial charge in [-0.05, 0) is 58.6 Å². The minimum Gasteiger partial charge on any atom is -0.497 e. The Bertz CT molecular complexity index is 2280. The first-order valence-electron chi connectivity index (χ1n) is 17.0. The van der Waals surface area contributed by atoms with E-state index in [9.17, 15) is 19.8 Å². The highest BCUT2D eigenvalue weighted by Crippen LogP contribution is 2.45. The molecular formula is C38H35N8O8P. The van der Waals surface area contributed by atoms with Crippen molar-refractivity contribution in [1.29, 1.82) is 0 Å². The van der Waals surface area contributed by atoms with Crippen molar-refractivity contribution in [1.82, 2.24) is 19.5 Å². The predicted octanol–water partition coefficient (Wildman–Crippen LogP) is 6.45. The van der Waals surface area contributed by atoms with Crippen molar-refractivity contribution >= 4 is 31.1 Å². The Morgan fingerprint density at radius 3 is 2.09 bits per heavy atom. The van der Waals surface area contributed by atoms with E-state index in [1.54, 1.807) is 44.6 Å². The fourth-order valence-corrected chi connectivity index (χ4v) is 7.19. The molecule has 7 rings (SSSR count). The fourth-order valence-electron chi connectivity index (χ4n) is 6.70. The Morgan fingerprint density at radius 2 is 1.51 bits per heavy atom. The minimum atomic E-state index is -3.61. The Labute approximate surface area is 315 Å². The highest BCUT2D eigenvalue weighted by molar-refractivity contribution is 7.32. The average Bonchev–Trinajstić information content (AvgIpc) is 3.80. The van der Waals surface area contributed by atoms with Gasteiger partial charge < -0.3 is 33.7 Å². The standard InChI is InChI=1S/C38H35N8O8P/c1-50-28-17-13-26(14-18-28)38(25-11-7-4-8-12-25,27-15-19-29(51-2)20-16-27)52-21-30-31(44-45-39)33(54-55(48)49)37(53-30)46-23-42-32-34(40-22-41-35(32)46)43-36(47)24-9-5-3-6-10-24/h3-20,22-23,30-31,33,37,55H,21H2,1-2H3,(H,48,49)(H,40,41,43,47)/t30-,31-,33-,37-/m1/s1. The highest BCUT2D eigenvalue weighted by Gasteiger charge is 2.49. The molecule has 1 amide bonds. The molecule has 5 atom stereocenters. The molecule has 4 aromatic carbocycles. The maximum absolute atomic E-state index is 13.0. The SMILES string of the molecule is COc1ccc(C(OC[C@H]2O[C@@H](n3cnc4c(NC(=O)c5ccccc5)ncnc43)[C@H](O[PH](=O)O)[C@@H]2N=[N+]=[N-])(c2ccccc2)c2ccc(OC)cc2)cc1. The van der Waals surface area contributed by atoms with Gasteiger partial charge >= 0.3 is 8.25 Å². The summed E-state index contributed by atoms with van der Waals surface area (Å²) in [6.07, 6.45) is -0.876. The van der Waals surface area contributed by atoms with Gasteiger partial charge in [0.2, 0.25) is 0 Å². The van der Waals surface area contributed by atoms with Crippen LogP contribution in [0.2, 0.25) is 0 Å². The number of amides is 1. The van der Waals surface area contributed by atoms with Crippen molar-refractivity contribution in [3.63, 3.8) is 0 Å². The largest absolute Gasteiger partial charge is 0.497 e. The number of ether oxygens (including phenoxy) is 4. The van der Waals surface area contributed by atoms with Gasteiger partial charge in [0.25, 0.3) is 5.91 Å². The average molecular weight is 763 g/mol. The molecule has 2 N–H and O–H groups in total. The molecule has 55 heavy (non-hydrogen) atoms. The fraction of sp³-hybridized carbons (Fsp3) is 0.211. The third kappa shape index (κ3) is 7.51. The first-order valence-corrected chi connectivity index (χ1v) is 18.2. The molecule has 1 aliphatic heterocycles. The number of methoxy groups -OCH3 is 2. The molecule has 17 heteroatoms. The van der Waals surface area contributed by atoms with E-state index in [2.05, 4.69) is 30.3 Å². The summed E-state index contributed by atoms with van der Waals surface area (Å²) < 4.78 is 43.8. The molecular weight excluding hydrogens is 727 g/mol. The van der Waals surface area contributed by atoms with Crippen molar-refractivity contribution in [2.75, 3.05) is 26.1 Å². The van der Waals surface area contributed by atoms with Crippen molar-refractivity contribution in [2.24, 2.45) is 5.11 Å². The molecule has 0 radical (unpaired) electrons. The first kappa shape index (κ1) is 37.2. The Morgan fingerprint density at radius 1 is 0.909 bits per heavy atom. The van der Waals surface area contributed by atoms with E-state index >= 15 is 0 Å². The molecule has 280 valence electrons. The summed E-state index contributed by atoms with van der Waals surface area (Å²) >= 11 is 0. The third-order valence-electron chi connectivity index (χ3n) is 9.27. The van der Waals surface area contributed by atoms with Gasteiger partial charge in [-0.2, -0.15) is 0 Å². The summed E-state index contributed by atoms with van der Waals surface area (Å²) in [6.45, 7) is -0.195. The molecule has 0 aliphatic carbocycles. The Balaban J connectivity index is 1.28. The van der Waals surface area contributed by atoms with Crippen LogP contribution in [-0.2, 0) is 24.2 Å². The van der Waals surface area contributed by atoms with Crippen LogP contribution >= 0.6 is 8.25 Å². The topological polar surface area (TPSA) is 205 Å². The van der Waals surface area contributed by atoms with Gasteiger partial charge in [-0.3, -0.25) is 13.9 Å². The second kappa shape index (κ2) is 16.5. The van der Waals surface area contributed by atoms with Crippen LogP contribution in [0.3, 0.4) is 0 Å². The van der Waals surface area contributed by atoms with Crippen LogP contribution < -0.4 is 14.8 Å². The summed E-state index contributed by atoms with van der Waals surface area (Å²) in [5, 5.41) is 6.75. The van der Waals surface area contributed by atoms with Gasteiger partial charge in [-0.1, -0.05) is 77.9 Å². The molecule has 2 aromatic heterocycles. The smallest absolute Gasteiger partial charge is 0.317 e. The summed E-state index contributed by atoms with van der Waals surface area (Å²) in [5.41, 5.74) is 11.6. The van der Waals surface area contributed by atoms with Crippen LogP contribution in [-0.4, -0.2) is 69.4 Å². The minimum absolute atomic E-state index is 0.127. The number of aromatic nitrogens is 4. The van der Waals surface area contributed by atoms with Gasteiger partial charge in [-0.25, -0.2) is 15.0 Å². The number of hydrogen-bond donors (Lipinski definition) is 2. The number of carbonyl (C=O) groups excluding carboxylic acids is 1. The van der Waals surface area contributed by atoms with Gasteiger partial charge in [0.1, 0.15) is 29.5 Å². The van der Waals surface area contributed by atoms with Crippen LogP contribution in [0.5, 0.6) is 11.5 Å². The van der Waals surface area contributed by atoms with Crippen LogP contribution in [0.15, 0.2) is 127 Å². The molecule has 3 heterocycles. The number of rotatable bonds is 14. The zero-order valence-corrected chi connectivity index (χ0v) is 30.5. The number of azide groups is 1. The number of hydrogen-bond acceptors (Lipinski definition) is 11. The number of anilines is 1. The quantitative estimate of drug-likeness (QED) is 0.0406. The van der Waals surface area contributed by atoms with Crippen molar-refractivity contribution in [3.05, 3.63) is 155 Å². The van der Waals surface area contributed by atoms with E-state index in [1.165, 1.54) is 17.2 Å². The molecule has 1 saturated heterocycles. The lowest BCUT2D eigenvalue weighted by Gasteiger charge is -2.37. The maximum Gasteiger partial charge on any atom is 0.317 e. The van der Waals surface area contributed by atoms with Crippen LogP contribution in [0, 0.1) is 0 Å². The van der Waals surface area contributed by atoms with Gasteiger partial charge in [0.15, 0.2) is 23.2 Å². The molecule has 1 unspecified atom stereocenters. The Hall–Kier alpha value is -6.12. The van der Waals surface area contributed by atoms with Crippen molar-refractivity contribution < 1.29 is 37.7 Å². The van der Waals surface area contributed by atoms with Crippen molar-refractivity contribution in [3.8, 4) is 11.5 Å². The highest BCUT2D eigenvalue weighted by atomic mass is 31.1. The molecule has 0 saturated carbocycles. The van der Waals surface area contributed by atoms with E-state index < -0.39 is 44.2 Å². The van der Waals surface area contributed by atoms with Gasteiger partial charge in [0.05, 0.1) is 39.3 Å². The third-order valence-corrected chi connectivity index (χ3v) is 9.75. The predicted molar refractivity (Wildman–Crippen MR) is 201 cm³/mol. The van der Waals surface area contributed by atoms with E-state index in [0.717, 1.165) is 16.7 Å². The summed E-state index contributed by atoms with van der Waals surface area (Å²) in [6, 6.07) is 31.9. The zero-order chi connectivity index (χ0) is 38.4. The van der Waals surface area contributed by atoms with E-state index in [0.29, 0.717) is 17.1 Å². The summed E-state index contributed by atoms with van der Waals surface area (Å²) in [5.74, 6) is 0.999. The molecule has 0 bridgehead atoms. The van der Waals surface area contributed by atoms with Crippen molar-refractivity contribution in [2.45, 2.75) is 30.1 Å².